The zero-order valence-electron chi connectivity index (χ0n) is 22.1. The molecule has 1 amide bonds. The summed E-state index contributed by atoms with van der Waals surface area (Å²) in [4.78, 5) is 29.9. The van der Waals surface area contributed by atoms with E-state index < -0.39 is 17.7 Å². The molecule has 2 aromatic carbocycles. The van der Waals surface area contributed by atoms with Gasteiger partial charge in [0, 0.05) is 13.1 Å². The van der Waals surface area contributed by atoms with Crippen LogP contribution in [0.3, 0.4) is 0 Å². The Morgan fingerprint density at radius 2 is 1.78 bits per heavy atom. The first-order valence-electron chi connectivity index (χ1n) is 12.0. The summed E-state index contributed by atoms with van der Waals surface area (Å²) in [6.07, 6.45) is 0. The zero-order chi connectivity index (χ0) is 26.8. The number of nitrogens with zero attached hydrogens (tertiary/aromatic N) is 2. The van der Waals surface area contributed by atoms with Gasteiger partial charge in [-0.15, -0.1) is 0 Å². The number of carbonyl (C=O) groups excluding carboxylic acids is 2. The first-order chi connectivity index (χ1) is 16.9. The first-order valence-corrected chi connectivity index (χ1v) is 12.0. The third-order valence-corrected chi connectivity index (χ3v) is 6.25. The monoisotopic (exact) mass is 496 g/mol. The second-order valence-electron chi connectivity index (χ2n) is 10.1. The third kappa shape index (κ3) is 5.33. The van der Waals surface area contributed by atoms with Crippen molar-refractivity contribution in [2.75, 3.05) is 40.9 Å². The second kappa shape index (κ2) is 10.6. The molecule has 0 aliphatic carbocycles. The standard InChI is InChI=1S/C28H36N2O6/c1-8-36-22-15-17(9-11-20(22)31)24-23(26(33)27(34)30(24)14-13-29(5)6)25(32)19-16-18(28(2,3)4)10-12-21(19)35-7/h9-12,15-16,24,31-32H,8,13-14H2,1-7H3/b25-23+. The minimum absolute atomic E-state index is 0.0312. The average Bonchev–Trinajstić information content (AvgIpc) is 3.07. The maximum absolute atomic E-state index is 13.4. The molecule has 0 spiro atoms. The fourth-order valence-corrected chi connectivity index (χ4v) is 4.24. The van der Waals surface area contributed by atoms with E-state index in [4.69, 9.17) is 9.47 Å². The summed E-state index contributed by atoms with van der Waals surface area (Å²) in [7, 11) is 5.24. The van der Waals surface area contributed by atoms with E-state index in [0.29, 0.717) is 30.0 Å². The molecule has 1 saturated heterocycles. The minimum atomic E-state index is -0.868. The number of likely N-dealkylation sites (N-methyl/N-ethyl adjacent to an activating group) is 1. The smallest absolute Gasteiger partial charge is 0.295 e. The molecule has 1 heterocycles. The maximum Gasteiger partial charge on any atom is 0.295 e. The van der Waals surface area contributed by atoms with Gasteiger partial charge in [0.25, 0.3) is 11.7 Å². The van der Waals surface area contributed by atoms with Crippen molar-refractivity contribution in [1.29, 1.82) is 0 Å². The Hall–Kier alpha value is -3.52. The van der Waals surface area contributed by atoms with Gasteiger partial charge in [-0.2, -0.15) is 0 Å². The predicted molar refractivity (Wildman–Crippen MR) is 139 cm³/mol. The molecular weight excluding hydrogens is 460 g/mol. The highest BCUT2D eigenvalue weighted by atomic mass is 16.5. The number of likely N-dealkylation sites (tertiary alicyclic amines) is 1. The fraction of sp³-hybridized carbons (Fsp3) is 0.429. The summed E-state index contributed by atoms with van der Waals surface area (Å²) >= 11 is 0. The molecule has 1 fully saturated rings. The highest BCUT2D eigenvalue weighted by Crippen LogP contribution is 2.43. The number of benzene rings is 2. The molecule has 1 aliphatic rings. The largest absolute Gasteiger partial charge is 0.507 e. The zero-order valence-corrected chi connectivity index (χ0v) is 22.1. The van der Waals surface area contributed by atoms with Crippen molar-refractivity contribution in [2.45, 2.75) is 39.2 Å². The number of rotatable bonds is 8. The molecule has 1 unspecified atom stereocenters. The lowest BCUT2D eigenvalue weighted by Gasteiger charge is -2.27. The molecule has 1 aliphatic heterocycles. The first kappa shape index (κ1) is 27.1. The molecule has 0 aromatic heterocycles. The van der Waals surface area contributed by atoms with Crippen LogP contribution in [0.2, 0.25) is 0 Å². The van der Waals surface area contributed by atoms with Gasteiger partial charge >= 0.3 is 0 Å². The highest BCUT2D eigenvalue weighted by molar-refractivity contribution is 6.46. The molecule has 2 N–H and O–H groups in total. The van der Waals surface area contributed by atoms with Crippen molar-refractivity contribution >= 4 is 17.4 Å². The van der Waals surface area contributed by atoms with E-state index in [1.54, 1.807) is 31.2 Å². The Morgan fingerprint density at radius 1 is 1.08 bits per heavy atom. The average molecular weight is 497 g/mol. The van der Waals surface area contributed by atoms with E-state index in [-0.39, 0.29) is 34.8 Å². The Bertz CT molecular complexity index is 1180. The molecule has 36 heavy (non-hydrogen) atoms. The topological polar surface area (TPSA) is 99.5 Å². The molecule has 2 aromatic rings. The van der Waals surface area contributed by atoms with E-state index in [0.717, 1.165) is 5.56 Å². The van der Waals surface area contributed by atoms with Crippen molar-refractivity contribution in [3.63, 3.8) is 0 Å². The number of ketones is 1. The van der Waals surface area contributed by atoms with Crippen LogP contribution in [0.1, 0.15) is 50.4 Å². The maximum atomic E-state index is 13.4. The molecule has 3 rings (SSSR count). The number of hydrogen-bond acceptors (Lipinski definition) is 7. The van der Waals surface area contributed by atoms with Crippen molar-refractivity contribution in [2.24, 2.45) is 0 Å². The number of Topliss-reactive ketones (excluding diaryl/α,β-unsaturated/α-hetero) is 1. The van der Waals surface area contributed by atoms with Crippen LogP contribution in [0.15, 0.2) is 42.0 Å². The number of hydrogen-bond donors (Lipinski definition) is 2. The Balaban J connectivity index is 2.27. The molecule has 194 valence electrons. The number of amides is 1. The molecule has 0 bridgehead atoms. The van der Waals surface area contributed by atoms with E-state index in [1.165, 1.54) is 18.1 Å². The van der Waals surface area contributed by atoms with Crippen LogP contribution >= 0.6 is 0 Å². The van der Waals surface area contributed by atoms with Gasteiger partial charge in [-0.05, 0) is 61.8 Å². The van der Waals surface area contributed by atoms with Crippen LogP contribution in [-0.4, -0.2) is 72.6 Å². The second-order valence-corrected chi connectivity index (χ2v) is 10.1. The quantitative estimate of drug-likeness (QED) is 0.323. The number of aromatic hydroxyl groups is 1. The number of phenols is 1. The Kier molecular flexibility index (Phi) is 7.99. The molecule has 8 nitrogen and oxygen atoms in total. The minimum Gasteiger partial charge on any atom is -0.507 e. The van der Waals surface area contributed by atoms with Crippen LogP contribution in [0, 0.1) is 0 Å². The summed E-state index contributed by atoms with van der Waals surface area (Å²) in [5, 5.41) is 21.8. The number of aliphatic hydroxyl groups excluding tert-OH is 1. The molecule has 0 saturated carbocycles. The van der Waals surface area contributed by atoms with Gasteiger partial charge in [0.05, 0.1) is 30.9 Å². The van der Waals surface area contributed by atoms with Crippen LogP contribution in [0.5, 0.6) is 17.2 Å². The lowest BCUT2D eigenvalue weighted by atomic mass is 9.85. The number of carbonyl (C=O) groups is 2. The summed E-state index contributed by atoms with van der Waals surface area (Å²) in [6, 6.07) is 9.29. The van der Waals surface area contributed by atoms with Gasteiger partial charge < -0.3 is 29.5 Å². The Morgan fingerprint density at radius 3 is 2.36 bits per heavy atom. The Labute approximate surface area is 212 Å². The summed E-state index contributed by atoms with van der Waals surface area (Å²) < 4.78 is 11.1. The normalized spacial score (nSPS) is 17.7. The lowest BCUT2D eigenvalue weighted by Crippen LogP contribution is -2.35. The van der Waals surface area contributed by atoms with E-state index in [9.17, 15) is 19.8 Å². The summed E-state index contributed by atoms with van der Waals surface area (Å²) in [6.45, 7) is 9.05. The van der Waals surface area contributed by atoms with Crippen LogP contribution in [-0.2, 0) is 15.0 Å². The summed E-state index contributed by atoms with van der Waals surface area (Å²) in [5.74, 6) is -1.20. The predicted octanol–water partition coefficient (Wildman–Crippen LogP) is 4.08. The van der Waals surface area contributed by atoms with Gasteiger partial charge in [-0.25, -0.2) is 0 Å². The van der Waals surface area contributed by atoms with Gasteiger partial charge in [0.1, 0.15) is 11.5 Å². The number of ether oxygens (including phenoxy) is 2. The van der Waals surface area contributed by atoms with E-state index in [2.05, 4.69) is 0 Å². The number of methoxy groups -OCH3 is 1. The van der Waals surface area contributed by atoms with Crippen LogP contribution in [0.4, 0.5) is 0 Å². The lowest BCUT2D eigenvalue weighted by molar-refractivity contribution is -0.140. The fourth-order valence-electron chi connectivity index (χ4n) is 4.24. The number of phenolic OH excluding ortho intramolecular Hbond substituents is 1. The molecular formula is C28H36N2O6. The highest BCUT2D eigenvalue weighted by Gasteiger charge is 2.46. The number of aliphatic hydroxyl groups is 1. The SMILES string of the molecule is CCOc1cc(C2/C(=C(\O)c3cc(C(C)(C)C)ccc3OC)C(=O)C(=O)N2CCN(C)C)ccc1O. The van der Waals surface area contributed by atoms with Crippen molar-refractivity contribution < 1.29 is 29.3 Å². The summed E-state index contributed by atoms with van der Waals surface area (Å²) in [5.41, 5.74) is 1.57. The molecule has 0 radical (unpaired) electrons. The van der Waals surface area contributed by atoms with Crippen LogP contribution < -0.4 is 9.47 Å². The van der Waals surface area contributed by atoms with E-state index in [1.807, 2.05) is 45.8 Å². The van der Waals surface area contributed by atoms with Crippen molar-refractivity contribution in [3.05, 3.63) is 58.7 Å². The van der Waals surface area contributed by atoms with Gasteiger partial charge in [-0.3, -0.25) is 9.59 Å². The molecule has 1 atom stereocenters. The molecule has 8 heteroatoms. The van der Waals surface area contributed by atoms with Crippen molar-refractivity contribution in [3.8, 4) is 17.2 Å². The van der Waals surface area contributed by atoms with E-state index >= 15 is 0 Å². The van der Waals surface area contributed by atoms with Gasteiger partial charge in [0.2, 0.25) is 0 Å². The van der Waals surface area contributed by atoms with Gasteiger partial charge in [0.15, 0.2) is 11.5 Å². The third-order valence-electron chi connectivity index (χ3n) is 6.25. The van der Waals surface area contributed by atoms with Gasteiger partial charge in [-0.1, -0.05) is 32.9 Å². The van der Waals surface area contributed by atoms with Crippen molar-refractivity contribution in [1.82, 2.24) is 9.80 Å². The van der Waals surface area contributed by atoms with Crippen LogP contribution in [0.25, 0.3) is 5.76 Å².